The Morgan fingerprint density at radius 3 is 2.53 bits per heavy atom. The van der Waals surface area contributed by atoms with Gasteiger partial charge < -0.3 is 14.3 Å². The van der Waals surface area contributed by atoms with E-state index in [1.54, 1.807) is 24.9 Å². The molecule has 1 aliphatic rings. The fraction of sp³-hybridized carbons (Fsp3) is 0.360. The molecule has 4 rings (SSSR count). The minimum Gasteiger partial charge on any atom is -0.361 e. The average Bonchev–Trinajstić information content (AvgIpc) is 3.07. The number of aryl methyl sites for hydroxylation is 2. The van der Waals surface area contributed by atoms with Gasteiger partial charge in [-0.15, -0.1) is 0 Å². The predicted molar refractivity (Wildman–Crippen MR) is 121 cm³/mol. The van der Waals surface area contributed by atoms with E-state index < -0.39 is 0 Å². The van der Waals surface area contributed by atoms with E-state index in [9.17, 15) is 9.59 Å². The van der Waals surface area contributed by atoms with Crippen molar-refractivity contribution in [1.82, 2.24) is 19.9 Å². The lowest BCUT2D eigenvalue weighted by molar-refractivity contribution is -0.134. The van der Waals surface area contributed by atoms with E-state index in [4.69, 9.17) is 4.52 Å². The molecule has 0 spiro atoms. The minimum absolute atomic E-state index is 0.0953. The second-order valence-electron chi connectivity index (χ2n) is 8.21. The highest BCUT2D eigenvalue weighted by Gasteiger charge is 2.33. The third-order valence-corrected chi connectivity index (χ3v) is 6.09. The van der Waals surface area contributed by atoms with Crippen LogP contribution in [0, 0.1) is 19.8 Å². The summed E-state index contributed by atoms with van der Waals surface area (Å²) in [6.07, 6.45) is 4.17. The van der Waals surface area contributed by atoms with Gasteiger partial charge in [0.25, 0.3) is 5.91 Å². The number of carbonyl (C=O) groups is 2. The molecule has 1 fully saturated rings. The second-order valence-corrected chi connectivity index (χ2v) is 8.21. The van der Waals surface area contributed by atoms with Gasteiger partial charge in [-0.3, -0.25) is 14.6 Å². The van der Waals surface area contributed by atoms with Crippen LogP contribution in [0.5, 0.6) is 0 Å². The predicted octanol–water partition coefficient (Wildman–Crippen LogP) is 3.52. The quantitative estimate of drug-likeness (QED) is 0.616. The molecule has 3 aromatic rings. The summed E-state index contributed by atoms with van der Waals surface area (Å²) in [5, 5.41) is 3.92. The van der Waals surface area contributed by atoms with Crippen molar-refractivity contribution in [3.63, 3.8) is 0 Å². The van der Waals surface area contributed by atoms with Crippen molar-refractivity contribution >= 4 is 11.8 Å². The summed E-state index contributed by atoms with van der Waals surface area (Å²) >= 11 is 0. The van der Waals surface area contributed by atoms with Crippen molar-refractivity contribution in [2.24, 2.45) is 5.92 Å². The van der Waals surface area contributed by atoms with Gasteiger partial charge in [-0.2, -0.15) is 0 Å². The normalized spacial score (nSPS) is 16.8. The minimum atomic E-state index is -0.300. The molecule has 7 heteroatoms. The van der Waals surface area contributed by atoms with Crippen molar-refractivity contribution in [3.05, 3.63) is 71.4 Å². The van der Waals surface area contributed by atoms with Crippen molar-refractivity contribution in [2.75, 3.05) is 26.2 Å². The third-order valence-electron chi connectivity index (χ3n) is 6.09. The Hall–Kier alpha value is -3.48. The smallest absolute Gasteiger partial charge is 0.259 e. The van der Waals surface area contributed by atoms with E-state index in [1.807, 2.05) is 30.2 Å². The van der Waals surface area contributed by atoms with Crippen LogP contribution < -0.4 is 0 Å². The highest BCUT2D eigenvalue weighted by Crippen LogP contribution is 2.23. The van der Waals surface area contributed by atoms with Crippen LogP contribution in [-0.2, 0) is 11.2 Å². The van der Waals surface area contributed by atoms with Gasteiger partial charge in [0, 0.05) is 38.6 Å². The fourth-order valence-corrected chi connectivity index (χ4v) is 4.29. The Labute approximate surface area is 188 Å². The van der Waals surface area contributed by atoms with Gasteiger partial charge in [-0.05, 0) is 49.9 Å². The average molecular weight is 433 g/mol. The molecule has 1 aliphatic heterocycles. The molecule has 3 heterocycles. The number of carbonyl (C=O) groups excluding carboxylic acids is 2. The van der Waals surface area contributed by atoms with Gasteiger partial charge in [-0.25, -0.2) is 0 Å². The van der Waals surface area contributed by atoms with Gasteiger partial charge >= 0.3 is 0 Å². The van der Waals surface area contributed by atoms with Crippen molar-refractivity contribution in [2.45, 2.75) is 27.2 Å². The number of nitrogens with zero attached hydrogens (tertiary/aromatic N) is 4. The van der Waals surface area contributed by atoms with E-state index in [1.165, 1.54) is 0 Å². The first-order chi connectivity index (χ1) is 15.5. The Morgan fingerprint density at radius 2 is 1.91 bits per heavy atom. The van der Waals surface area contributed by atoms with Gasteiger partial charge in [-0.1, -0.05) is 35.5 Å². The van der Waals surface area contributed by atoms with Crippen LogP contribution in [0.3, 0.4) is 0 Å². The molecule has 0 unspecified atom stereocenters. The number of likely N-dealkylation sites (N-methyl/N-ethyl adjacent to an activating group) is 1. The van der Waals surface area contributed by atoms with Crippen molar-refractivity contribution in [3.8, 4) is 11.1 Å². The molecule has 0 N–H and O–H groups in total. The first-order valence-electron chi connectivity index (χ1n) is 11.0. The molecule has 1 atom stereocenters. The summed E-state index contributed by atoms with van der Waals surface area (Å²) in [6.45, 7) is 7.52. The Balaban J connectivity index is 1.55. The molecular weight excluding hydrogens is 404 g/mol. The molecule has 166 valence electrons. The van der Waals surface area contributed by atoms with E-state index in [2.05, 4.69) is 34.4 Å². The maximum atomic E-state index is 13.2. The van der Waals surface area contributed by atoms with Gasteiger partial charge in [0.2, 0.25) is 5.91 Å². The van der Waals surface area contributed by atoms with Crippen LogP contribution in [-0.4, -0.2) is 57.9 Å². The Kier molecular flexibility index (Phi) is 6.35. The van der Waals surface area contributed by atoms with Crippen LogP contribution in [0.15, 0.2) is 53.3 Å². The van der Waals surface area contributed by atoms with Crippen LogP contribution in [0.1, 0.15) is 34.3 Å². The first kappa shape index (κ1) is 21.7. The summed E-state index contributed by atoms with van der Waals surface area (Å²) in [4.78, 5) is 34.2. The molecule has 1 saturated heterocycles. The van der Waals surface area contributed by atoms with Crippen LogP contribution in [0.25, 0.3) is 11.1 Å². The standard InChI is InChI=1S/C25H28N4O3/c1-4-28-12-13-29(25(31)23-17(2)27-32-18(23)3)16-22(24(28)30)14-19-7-9-20(10-8-19)21-6-5-11-26-15-21/h5-11,15,22H,4,12-14,16H2,1-3H3/t22-/m1/s1. The van der Waals surface area contributed by atoms with E-state index in [0.29, 0.717) is 49.6 Å². The van der Waals surface area contributed by atoms with Gasteiger partial charge in [0.15, 0.2) is 0 Å². The molecular formula is C25H28N4O3. The van der Waals surface area contributed by atoms with E-state index in [-0.39, 0.29) is 17.7 Å². The van der Waals surface area contributed by atoms with Crippen LogP contribution in [0.4, 0.5) is 0 Å². The molecule has 2 aromatic heterocycles. The number of benzene rings is 1. The van der Waals surface area contributed by atoms with Gasteiger partial charge in [0.1, 0.15) is 11.3 Å². The molecule has 0 aliphatic carbocycles. The largest absolute Gasteiger partial charge is 0.361 e. The van der Waals surface area contributed by atoms with Crippen molar-refractivity contribution in [1.29, 1.82) is 0 Å². The van der Waals surface area contributed by atoms with Crippen LogP contribution >= 0.6 is 0 Å². The fourth-order valence-electron chi connectivity index (χ4n) is 4.29. The summed E-state index contributed by atoms with van der Waals surface area (Å²) in [7, 11) is 0. The number of rotatable bonds is 5. The molecule has 1 aromatic carbocycles. The molecule has 0 saturated carbocycles. The molecule has 7 nitrogen and oxygen atoms in total. The molecule has 2 amide bonds. The number of hydrogen-bond acceptors (Lipinski definition) is 5. The van der Waals surface area contributed by atoms with E-state index in [0.717, 1.165) is 16.7 Å². The van der Waals surface area contributed by atoms with E-state index >= 15 is 0 Å². The molecule has 0 radical (unpaired) electrons. The molecule has 0 bridgehead atoms. The maximum absolute atomic E-state index is 13.2. The number of pyridine rings is 1. The summed E-state index contributed by atoms with van der Waals surface area (Å²) < 4.78 is 5.19. The number of aromatic nitrogens is 2. The lowest BCUT2D eigenvalue weighted by Gasteiger charge is -2.23. The monoisotopic (exact) mass is 432 g/mol. The SMILES string of the molecule is CCN1CCN(C(=O)c2c(C)noc2C)C[C@@H](Cc2ccc(-c3cccnc3)cc2)C1=O. The molecule has 32 heavy (non-hydrogen) atoms. The lowest BCUT2D eigenvalue weighted by atomic mass is 9.95. The zero-order valence-electron chi connectivity index (χ0n) is 18.7. The number of hydrogen-bond donors (Lipinski definition) is 0. The first-order valence-corrected chi connectivity index (χ1v) is 11.0. The third kappa shape index (κ3) is 4.42. The summed E-state index contributed by atoms with van der Waals surface area (Å²) in [6, 6.07) is 12.1. The topological polar surface area (TPSA) is 79.5 Å². The number of amides is 2. The maximum Gasteiger partial charge on any atom is 0.259 e. The Bertz CT molecular complexity index is 1070. The zero-order chi connectivity index (χ0) is 22.7. The summed E-state index contributed by atoms with van der Waals surface area (Å²) in [5.41, 5.74) is 4.29. The van der Waals surface area contributed by atoms with Gasteiger partial charge in [0.05, 0.1) is 11.6 Å². The second kappa shape index (κ2) is 9.34. The Morgan fingerprint density at radius 1 is 1.12 bits per heavy atom. The van der Waals surface area contributed by atoms with Crippen LogP contribution in [0.2, 0.25) is 0 Å². The lowest BCUT2D eigenvalue weighted by Crippen LogP contribution is -2.38. The summed E-state index contributed by atoms with van der Waals surface area (Å²) in [5.74, 6) is 0.186. The highest BCUT2D eigenvalue weighted by molar-refractivity contribution is 5.96. The van der Waals surface area contributed by atoms with Crippen molar-refractivity contribution < 1.29 is 14.1 Å². The highest BCUT2D eigenvalue weighted by atomic mass is 16.5. The zero-order valence-corrected chi connectivity index (χ0v) is 18.7.